The van der Waals surface area contributed by atoms with E-state index in [9.17, 15) is 4.79 Å². The Labute approximate surface area is 124 Å². The first kappa shape index (κ1) is 15.3. The van der Waals surface area contributed by atoms with E-state index in [0.29, 0.717) is 12.5 Å². The first-order valence-corrected chi connectivity index (χ1v) is 7.68. The largest absolute Gasteiger partial charge is 0.369 e. The van der Waals surface area contributed by atoms with Crippen molar-refractivity contribution in [3.05, 3.63) is 21.6 Å². The summed E-state index contributed by atoms with van der Waals surface area (Å²) in [4.78, 5) is 14.3. The van der Waals surface area contributed by atoms with Gasteiger partial charge in [-0.05, 0) is 32.1 Å². The number of rotatable bonds is 4. The fraction of sp³-hybridized carbons (Fsp3) is 0.714. The van der Waals surface area contributed by atoms with Gasteiger partial charge in [0, 0.05) is 25.7 Å². The van der Waals surface area contributed by atoms with Crippen LogP contribution in [0.15, 0.2) is 11.0 Å². The van der Waals surface area contributed by atoms with Crippen LogP contribution in [-0.4, -0.2) is 28.9 Å². The first-order valence-electron chi connectivity index (χ1n) is 7.30. The molecule has 6 heteroatoms. The van der Waals surface area contributed by atoms with Gasteiger partial charge in [0.25, 0.3) is 5.56 Å². The molecule has 0 spiro atoms. The number of aryl methyl sites for hydroxylation is 1. The van der Waals surface area contributed by atoms with Crippen molar-refractivity contribution < 1.29 is 0 Å². The lowest BCUT2D eigenvalue weighted by atomic mass is 9.91. The smallest absolute Gasteiger partial charge is 0.287 e. The fourth-order valence-electron chi connectivity index (χ4n) is 2.71. The SMILES string of the molecule is CCCn1ncc(N2CCC(C(C)N)CC2)c(Cl)c1=O. The molecule has 2 N–H and O–H groups in total. The van der Waals surface area contributed by atoms with Crippen LogP contribution in [0.5, 0.6) is 0 Å². The summed E-state index contributed by atoms with van der Waals surface area (Å²) in [6.07, 6.45) is 4.64. The topological polar surface area (TPSA) is 64.2 Å². The molecule has 0 amide bonds. The third-order valence-electron chi connectivity index (χ3n) is 4.03. The predicted octanol–water partition coefficient (Wildman–Crippen LogP) is 1.87. The van der Waals surface area contributed by atoms with Crippen molar-refractivity contribution in [2.24, 2.45) is 11.7 Å². The lowest BCUT2D eigenvalue weighted by molar-refractivity contribution is 0.354. The highest BCUT2D eigenvalue weighted by molar-refractivity contribution is 6.33. The summed E-state index contributed by atoms with van der Waals surface area (Å²) < 4.78 is 1.43. The van der Waals surface area contributed by atoms with Crippen LogP contribution in [0.25, 0.3) is 0 Å². The van der Waals surface area contributed by atoms with Crippen molar-refractivity contribution in [1.29, 1.82) is 0 Å². The Balaban J connectivity index is 2.15. The number of aromatic nitrogens is 2. The van der Waals surface area contributed by atoms with Crippen LogP contribution in [0, 0.1) is 5.92 Å². The summed E-state index contributed by atoms with van der Waals surface area (Å²) in [5, 5.41) is 4.50. The van der Waals surface area contributed by atoms with Gasteiger partial charge in [-0.25, -0.2) is 4.68 Å². The maximum Gasteiger partial charge on any atom is 0.287 e. The zero-order chi connectivity index (χ0) is 14.7. The van der Waals surface area contributed by atoms with E-state index in [2.05, 4.69) is 16.9 Å². The molecule has 2 rings (SSSR count). The minimum atomic E-state index is -0.194. The van der Waals surface area contributed by atoms with Gasteiger partial charge in [-0.3, -0.25) is 4.79 Å². The molecular formula is C14H23ClN4O. The molecule has 2 heterocycles. The molecule has 1 aromatic rings. The Morgan fingerprint density at radius 1 is 1.50 bits per heavy atom. The number of nitrogens with two attached hydrogens (primary N) is 1. The summed E-state index contributed by atoms with van der Waals surface area (Å²) in [5.41, 5.74) is 6.51. The van der Waals surface area contributed by atoms with Crippen LogP contribution in [-0.2, 0) is 6.54 Å². The van der Waals surface area contributed by atoms with Gasteiger partial charge < -0.3 is 10.6 Å². The number of anilines is 1. The van der Waals surface area contributed by atoms with Crippen LogP contribution in [0.3, 0.4) is 0 Å². The van der Waals surface area contributed by atoms with Crippen LogP contribution < -0.4 is 16.2 Å². The molecule has 1 atom stereocenters. The van der Waals surface area contributed by atoms with E-state index in [1.54, 1.807) is 6.20 Å². The molecule has 112 valence electrons. The molecule has 0 aliphatic carbocycles. The molecular weight excluding hydrogens is 276 g/mol. The Morgan fingerprint density at radius 2 is 2.15 bits per heavy atom. The van der Waals surface area contributed by atoms with E-state index < -0.39 is 0 Å². The summed E-state index contributed by atoms with van der Waals surface area (Å²) in [6, 6.07) is 0.225. The van der Waals surface area contributed by atoms with Gasteiger partial charge in [0.1, 0.15) is 5.02 Å². The number of hydrogen-bond acceptors (Lipinski definition) is 4. The molecule has 1 aromatic heterocycles. The molecule has 0 bridgehead atoms. The van der Waals surface area contributed by atoms with Crippen molar-refractivity contribution in [1.82, 2.24) is 9.78 Å². The Hall–Kier alpha value is -1.07. The summed E-state index contributed by atoms with van der Waals surface area (Å²) in [5.74, 6) is 0.554. The van der Waals surface area contributed by atoms with Gasteiger partial charge in [0.2, 0.25) is 0 Å². The molecule has 1 saturated heterocycles. The first-order chi connectivity index (χ1) is 9.54. The molecule has 0 aromatic carbocycles. The number of piperidine rings is 1. The van der Waals surface area contributed by atoms with Gasteiger partial charge >= 0.3 is 0 Å². The van der Waals surface area contributed by atoms with E-state index in [4.69, 9.17) is 17.3 Å². The summed E-state index contributed by atoms with van der Waals surface area (Å²) in [7, 11) is 0. The molecule has 0 saturated carbocycles. The Kier molecular flexibility index (Phi) is 5.05. The van der Waals surface area contributed by atoms with Crippen molar-refractivity contribution >= 4 is 17.3 Å². The standard InChI is InChI=1S/C14H23ClN4O/c1-3-6-19-14(20)13(15)12(9-17-19)18-7-4-11(5-8-18)10(2)16/h9-11H,3-8,16H2,1-2H3. The second kappa shape index (κ2) is 6.59. The lowest BCUT2D eigenvalue weighted by Gasteiger charge is -2.35. The molecule has 20 heavy (non-hydrogen) atoms. The van der Waals surface area contributed by atoms with Crippen molar-refractivity contribution in [3.8, 4) is 0 Å². The minimum Gasteiger partial charge on any atom is -0.369 e. The number of nitrogens with zero attached hydrogens (tertiary/aromatic N) is 3. The third kappa shape index (κ3) is 3.15. The predicted molar refractivity (Wildman–Crippen MR) is 82.4 cm³/mol. The zero-order valence-electron chi connectivity index (χ0n) is 12.2. The summed E-state index contributed by atoms with van der Waals surface area (Å²) >= 11 is 6.23. The maximum absolute atomic E-state index is 12.1. The highest BCUT2D eigenvalue weighted by atomic mass is 35.5. The molecule has 1 unspecified atom stereocenters. The second-order valence-electron chi connectivity index (χ2n) is 5.56. The highest BCUT2D eigenvalue weighted by Crippen LogP contribution is 2.27. The van der Waals surface area contributed by atoms with Crippen molar-refractivity contribution in [2.75, 3.05) is 18.0 Å². The molecule has 1 aliphatic rings. The Bertz CT molecular complexity index is 506. The molecule has 1 fully saturated rings. The van der Waals surface area contributed by atoms with E-state index in [1.807, 2.05) is 6.92 Å². The average molecular weight is 299 g/mol. The molecule has 5 nitrogen and oxygen atoms in total. The zero-order valence-corrected chi connectivity index (χ0v) is 12.9. The number of halogens is 1. The monoisotopic (exact) mass is 298 g/mol. The Morgan fingerprint density at radius 3 is 2.70 bits per heavy atom. The van der Waals surface area contributed by atoms with Crippen LogP contribution >= 0.6 is 11.6 Å². The van der Waals surface area contributed by atoms with E-state index in [-0.39, 0.29) is 16.6 Å². The number of hydrogen-bond donors (Lipinski definition) is 1. The molecule has 0 radical (unpaired) electrons. The maximum atomic E-state index is 12.1. The lowest BCUT2D eigenvalue weighted by Crippen LogP contribution is -2.40. The third-order valence-corrected chi connectivity index (χ3v) is 4.38. The minimum absolute atomic E-state index is 0.194. The van der Waals surface area contributed by atoms with E-state index in [0.717, 1.165) is 38.0 Å². The van der Waals surface area contributed by atoms with Crippen molar-refractivity contribution in [2.45, 2.75) is 45.7 Å². The average Bonchev–Trinajstić information content (AvgIpc) is 2.44. The normalized spacial score (nSPS) is 18.3. The van der Waals surface area contributed by atoms with Gasteiger partial charge in [0.15, 0.2) is 0 Å². The fourth-order valence-corrected chi connectivity index (χ4v) is 2.98. The quantitative estimate of drug-likeness (QED) is 0.922. The van der Waals surface area contributed by atoms with Gasteiger partial charge in [-0.2, -0.15) is 5.10 Å². The van der Waals surface area contributed by atoms with Crippen LogP contribution in [0.1, 0.15) is 33.1 Å². The van der Waals surface area contributed by atoms with Crippen LogP contribution in [0.4, 0.5) is 5.69 Å². The summed E-state index contributed by atoms with van der Waals surface area (Å²) in [6.45, 7) is 6.43. The van der Waals surface area contributed by atoms with E-state index in [1.165, 1.54) is 4.68 Å². The van der Waals surface area contributed by atoms with Crippen LogP contribution in [0.2, 0.25) is 5.02 Å². The van der Waals surface area contributed by atoms with Gasteiger partial charge in [-0.15, -0.1) is 0 Å². The highest BCUT2D eigenvalue weighted by Gasteiger charge is 2.24. The van der Waals surface area contributed by atoms with Gasteiger partial charge in [-0.1, -0.05) is 18.5 Å². The van der Waals surface area contributed by atoms with Crippen molar-refractivity contribution in [3.63, 3.8) is 0 Å². The van der Waals surface area contributed by atoms with Gasteiger partial charge in [0.05, 0.1) is 11.9 Å². The second-order valence-corrected chi connectivity index (χ2v) is 5.93. The molecule has 1 aliphatic heterocycles. The van der Waals surface area contributed by atoms with E-state index >= 15 is 0 Å².